The molecule has 0 aliphatic heterocycles. The van der Waals surface area contributed by atoms with E-state index in [4.69, 9.17) is 9.72 Å². The number of aromatic amines is 1. The van der Waals surface area contributed by atoms with Crippen LogP contribution < -0.4 is 10.1 Å². The number of nitrogens with one attached hydrogen (secondary N) is 2. The highest BCUT2D eigenvalue weighted by molar-refractivity contribution is 5.79. The first-order valence-electron chi connectivity index (χ1n) is 12.9. The number of ether oxygens (including phenoxy) is 1. The number of benzene rings is 2. The van der Waals surface area contributed by atoms with Gasteiger partial charge in [0, 0.05) is 30.5 Å². The number of imidazole rings is 1. The number of H-pyrrole nitrogens is 1. The summed E-state index contributed by atoms with van der Waals surface area (Å²) in [5.74, 6) is 1.92. The second kappa shape index (κ2) is 10.6. The molecule has 2 N–H and O–H groups in total. The number of fused-ring (bicyclic) bond motifs is 1. The molecular formula is C31H34N6O. The van der Waals surface area contributed by atoms with Gasteiger partial charge in [0.25, 0.3) is 0 Å². The number of hydrogen-bond acceptors (Lipinski definition) is 6. The van der Waals surface area contributed by atoms with Crippen LogP contribution in [0.1, 0.15) is 50.6 Å². The molecule has 0 radical (unpaired) electrons. The molecule has 1 unspecified atom stereocenters. The Bertz CT molecular complexity index is 1520. The molecular weight excluding hydrogens is 472 g/mol. The van der Waals surface area contributed by atoms with Gasteiger partial charge < -0.3 is 15.0 Å². The Labute approximate surface area is 223 Å². The van der Waals surface area contributed by atoms with E-state index >= 15 is 0 Å². The Morgan fingerprint density at radius 2 is 1.74 bits per heavy atom. The fraction of sp³-hybridized carbons (Fsp3) is 0.258. The van der Waals surface area contributed by atoms with Crippen molar-refractivity contribution in [2.45, 2.75) is 45.7 Å². The number of pyridine rings is 2. The number of nitrogens with zero attached hydrogens (tertiary/aromatic N) is 4. The maximum absolute atomic E-state index is 6.31. The SMILES string of the molecule is CC(c1ccc2nc(Nc3cccnc3Oc3ccccc3C(C)(C)C)[nH]c2c1)N(C)Cc1ccccn1. The summed E-state index contributed by atoms with van der Waals surface area (Å²) in [6.45, 7) is 9.50. The lowest BCUT2D eigenvalue weighted by molar-refractivity contribution is 0.250. The third-order valence-electron chi connectivity index (χ3n) is 6.71. The second-order valence-electron chi connectivity index (χ2n) is 10.6. The van der Waals surface area contributed by atoms with Crippen LogP contribution in [0.2, 0.25) is 0 Å². The molecule has 0 saturated heterocycles. The van der Waals surface area contributed by atoms with E-state index in [9.17, 15) is 0 Å². The molecule has 5 rings (SSSR count). The van der Waals surface area contributed by atoms with Crippen molar-refractivity contribution in [3.8, 4) is 11.6 Å². The van der Waals surface area contributed by atoms with Crippen LogP contribution in [0.25, 0.3) is 11.0 Å². The van der Waals surface area contributed by atoms with E-state index in [2.05, 4.69) is 90.2 Å². The molecule has 0 amide bonds. The summed E-state index contributed by atoms with van der Waals surface area (Å²) in [6.07, 6.45) is 3.56. The summed E-state index contributed by atoms with van der Waals surface area (Å²) in [5, 5.41) is 3.37. The van der Waals surface area contributed by atoms with Crippen molar-refractivity contribution in [2.24, 2.45) is 0 Å². The monoisotopic (exact) mass is 506 g/mol. The van der Waals surface area contributed by atoms with E-state index in [1.807, 2.05) is 48.7 Å². The Morgan fingerprint density at radius 1 is 0.947 bits per heavy atom. The van der Waals surface area contributed by atoms with Crippen LogP contribution >= 0.6 is 0 Å². The van der Waals surface area contributed by atoms with Crippen LogP contribution in [0.4, 0.5) is 11.6 Å². The lowest BCUT2D eigenvalue weighted by atomic mass is 9.86. The zero-order valence-corrected chi connectivity index (χ0v) is 22.6. The summed E-state index contributed by atoms with van der Waals surface area (Å²) >= 11 is 0. The van der Waals surface area contributed by atoms with Gasteiger partial charge in [0.1, 0.15) is 11.4 Å². The first-order valence-corrected chi connectivity index (χ1v) is 12.9. The van der Waals surface area contributed by atoms with E-state index in [0.29, 0.717) is 11.8 Å². The van der Waals surface area contributed by atoms with Gasteiger partial charge in [-0.1, -0.05) is 51.1 Å². The van der Waals surface area contributed by atoms with Gasteiger partial charge in [0.2, 0.25) is 11.8 Å². The molecule has 7 nitrogen and oxygen atoms in total. The highest BCUT2D eigenvalue weighted by Crippen LogP contribution is 2.36. The van der Waals surface area contributed by atoms with Crippen molar-refractivity contribution in [1.82, 2.24) is 24.8 Å². The van der Waals surface area contributed by atoms with Crippen molar-refractivity contribution < 1.29 is 4.74 Å². The normalized spacial score (nSPS) is 12.6. The van der Waals surface area contributed by atoms with Crippen LogP contribution in [-0.2, 0) is 12.0 Å². The molecule has 5 aromatic rings. The molecule has 0 fully saturated rings. The van der Waals surface area contributed by atoms with E-state index < -0.39 is 0 Å². The molecule has 0 aliphatic carbocycles. The van der Waals surface area contributed by atoms with Gasteiger partial charge in [0.05, 0.1) is 16.7 Å². The lowest BCUT2D eigenvalue weighted by Gasteiger charge is -2.24. The average Bonchev–Trinajstić information content (AvgIpc) is 3.31. The first kappa shape index (κ1) is 25.4. The third-order valence-corrected chi connectivity index (χ3v) is 6.71. The number of para-hydroxylation sites is 1. The zero-order chi connectivity index (χ0) is 26.7. The van der Waals surface area contributed by atoms with Gasteiger partial charge in [-0.25, -0.2) is 9.97 Å². The molecule has 7 heteroatoms. The molecule has 2 aromatic carbocycles. The van der Waals surface area contributed by atoms with Gasteiger partial charge in [-0.3, -0.25) is 9.88 Å². The highest BCUT2D eigenvalue weighted by Gasteiger charge is 2.20. The average molecular weight is 507 g/mol. The molecule has 38 heavy (non-hydrogen) atoms. The third kappa shape index (κ3) is 5.68. The Balaban J connectivity index is 1.35. The molecule has 0 aliphatic rings. The van der Waals surface area contributed by atoms with Crippen LogP contribution in [0, 0.1) is 0 Å². The summed E-state index contributed by atoms with van der Waals surface area (Å²) in [4.78, 5) is 19.4. The maximum atomic E-state index is 6.31. The van der Waals surface area contributed by atoms with Crippen molar-refractivity contribution in [3.63, 3.8) is 0 Å². The standard InChI is InChI=1S/C31H34N6O/c1-21(37(5)20-23-11-8-9-17-32-23)22-15-16-25-27(19-22)36-30(34-25)35-26-13-10-18-33-29(26)38-28-14-7-6-12-24(28)31(2,3)4/h6-19,21H,20H2,1-5H3,(H2,34,35,36). The maximum Gasteiger partial charge on any atom is 0.243 e. The largest absolute Gasteiger partial charge is 0.437 e. The minimum absolute atomic E-state index is 0.0573. The highest BCUT2D eigenvalue weighted by atomic mass is 16.5. The second-order valence-corrected chi connectivity index (χ2v) is 10.6. The smallest absolute Gasteiger partial charge is 0.243 e. The van der Waals surface area contributed by atoms with Crippen molar-refractivity contribution >= 4 is 22.7 Å². The van der Waals surface area contributed by atoms with E-state index in [1.165, 1.54) is 5.56 Å². The predicted molar refractivity (Wildman–Crippen MR) is 153 cm³/mol. The minimum Gasteiger partial charge on any atom is -0.437 e. The molecule has 3 aromatic heterocycles. The number of anilines is 2. The summed E-state index contributed by atoms with van der Waals surface area (Å²) in [7, 11) is 2.12. The molecule has 3 heterocycles. The lowest BCUT2D eigenvalue weighted by Crippen LogP contribution is -2.22. The van der Waals surface area contributed by atoms with E-state index in [0.717, 1.165) is 40.3 Å². The van der Waals surface area contributed by atoms with Crippen LogP contribution in [-0.4, -0.2) is 31.9 Å². The summed E-state index contributed by atoms with van der Waals surface area (Å²) in [6, 6.07) is 24.5. The van der Waals surface area contributed by atoms with Gasteiger partial charge in [-0.15, -0.1) is 0 Å². The van der Waals surface area contributed by atoms with Crippen LogP contribution in [0.3, 0.4) is 0 Å². The molecule has 1 atom stereocenters. The number of rotatable bonds is 8. The topological polar surface area (TPSA) is 79.0 Å². The van der Waals surface area contributed by atoms with Crippen molar-refractivity contribution in [2.75, 3.05) is 12.4 Å². The van der Waals surface area contributed by atoms with Crippen LogP contribution in [0.5, 0.6) is 11.6 Å². The van der Waals surface area contributed by atoms with Gasteiger partial charge in [0.15, 0.2) is 0 Å². The predicted octanol–water partition coefficient (Wildman–Crippen LogP) is 7.38. The fourth-order valence-corrected chi connectivity index (χ4v) is 4.46. The summed E-state index contributed by atoms with van der Waals surface area (Å²) in [5.41, 5.74) is 5.91. The van der Waals surface area contributed by atoms with Gasteiger partial charge >= 0.3 is 0 Å². The van der Waals surface area contributed by atoms with Crippen molar-refractivity contribution in [3.05, 3.63) is 102 Å². The zero-order valence-electron chi connectivity index (χ0n) is 22.6. The van der Waals surface area contributed by atoms with Gasteiger partial charge in [-0.2, -0.15) is 0 Å². The van der Waals surface area contributed by atoms with Gasteiger partial charge in [-0.05, 0) is 67.4 Å². The van der Waals surface area contributed by atoms with E-state index in [-0.39, 0.29) is 11.5 Å². The fourth-order valence-electron chi connectivity index (χ4n) is 4.46. The quantitative estimate of drug-likeness (QED) is 0.229. The molecule has 0 bridgehead atoms. The first-order chi connectivity index (χ1) is 18.3. The molecule has 0 spiro atoms. The Morgan fingerprint density at radius 3 is 2.53 bits per heavy atom. The number of aromatic nitrogens is 4. The molecule has 0 saturated carbocycles. The molecule has 194 valence electrons. The van der Waals surface area contributed by atoms with E-state index in [1.54, 1.807) is 6.20 Å². The minimum atomic E-state index is -0.0573. The van der Waals surface area contributed by atoms with Crippen LogP contribution in [0.15, 0.2) is 85.2 Å². The Hall–Kier alpha value is -4.23. The Kier molecular flexibility index (Phi) is 7.11. The summed E-state index contributed by atoms with van der Waals surface area (Å²) < 4.78 is 6.31. The van der Waals surface area contributed by atoms with Crippen molar-refractivity contribution in [1.29, 1.82) is 0 Å². The number of hydrogen-bond donors (Lipinski definition) is 2.